The summed E-state index contributed by atoms with van der Waals surface area (Å²) in [6.07, 6.45) is 1.82. The van der Waals surface area contributed by atoms with Gasteiger partial charge in [0, 0.05) is 18.6 Å². The predicted molar refractivity (Wildman–Crippen MR) is 107 cm³/mol. The van der Waals surface area contributed by atoms with Crippen molar-refractivity contribution in [2.24, 2.45) is 16.7 Å². The van der Waals surface area contributed by atoms with Gasteiger partial charge in [-0.25, -0.2) is 13.2 Å². The monoisotopic (exact) mass is 425 g/mol. The Morgan fingerprint density at radius 1 is 1.17 bits per heavy atom. The zero-order valence-corrected chi connectivity index (χ0v) is 18.1. The number of Topliss-reactive ketones (excluding diaryl/α,β-unsaturated/α-hetero) is 1. The van der Waals surface area contributed by atoms with Gasteiger partial charge in [0.15, 0.2) is 11.5 Å². The second-order valence-electron chi connectivity index (χ2n) is 8.27. The number of esters is 1. The van der Waals surface area contributed by atoms with Crippen molar-refractivity contribution < 1.29 is 32.2 Å². The Morgan fingerprint density at radius 2 is 1.79 bits per heavy atom. The number of sulfonamides is 1. The van der Waals surface area contributed by atoms with E-state index in [2.05, 4.69) is 4.72 Å². The van der Waals surface area contributed by atoms with E-state index in [0.717, 1.165) is 6.42 Å². The lowest BCUT2D eigenvalue weighted by Gasteiger charge is -2.36. The van der Waals surface area contributed by atoms with Gasteiger partial charge in [0.05, 0.1) is 43.7 Å². The standard InChI is InChI=1S/C20H27NO7S/c1-19(2)12-6-7-20(19,17(22)8-12)11-29(24,25)21-14-10-16(27-4)15(26-3)9-13(14)18(23)28-5/h9-10,12,21H,6-8,11H2,1-5H3/t12-,20+/m0/s1. The van der Waals surface area contributed by atoms with E-state index in [1.165, 1.54) is 33.5 Å². The van der Waals surface area contributed by atoms with Crippen molar-refractivity contribution in [1.82, 2.24) is 0 Å². The Balaban J connectivity index is 1.98. The molecule has 1 N–H and O–H groups in total. The molecule has 3 rings (SSSR count). The largest absolute Gasteiger partial charge is 0.493 e. The molecule has 8 nitrogen and oxygen atoms in total. The number of ether oxygens (including phenoxy) is 3. The van der Waals surface area contributed by atoms with Crippen LogP contribution in [0.2, 0.25) is 0 Å². The normalized spacial score (nSPS) is 25.0. The number of rotatable bonds is 7. The van der Waals surface area contributed by atoms with Crippen molar-refractivity contribution in [2.45, 2.75) is 33.1 Å². The molecule has 29 heavy (non-hydrogen) atoms. The Hall–Kier alpha value is -2.29. The minimum Gasteiger partial charge on any atom is -0.493 e. The maximum Gasteiger partial charge on any atom is 0.340 e. The first-order valence-corrected chi connectivity index (χ1v) is 11.0. The highest BCUT2D eigenvalue weighted by Crippen LogP contribution is 2.64. The molecular weight excluding hydrogens is 398 g/mol. The zero-order valence-electron chi connectivity index (χ0n) is 17.3. The van der Waals surface area contributed by atoms with E-state index in [1.54, 1.807) is 0 Å². The number of anilines is 1. The third kappa shape index (κ3) is 3.35. The third-order valence-corrected chi connectivity index (χ3v) is 8.17. The molecule has 0 aliphatic heterocycles. The van der Waals surface area contributed by atoms with Crippen LogP contribution in [0.25, 0.3) is 0 Å². The van der Waals surface area contributed by atoms with Crippen LogP contribution in [0.15, 0.2) is 12.1 Å². The Bertz CT molecular complexity index is 954. The Labute approximate surface area is 171 Å². The van der Waals surface area contributed by atoms with Gasteiger partial charge < -0.3 is 14.2 Å². The summed E-state index contributed by atoms with van der Waals surface area (Å²) in [6, 6.07) is 2.73. The molecule has 0 radical (unpaired) electrons. The van der Waals surface area contributed by atoms with Gasteiger partial charge in [0.1, 0.15) is 5.78 Å². The van der Waals surface area contributed by atoms with E-state index in [4.69, 9.17) is 14.2 Å². The van der Waals surface area contributed by atoms with Crippen LogP contribution in [0.4, 0.5) is 5.69 Å². The molecule has 2 atom stereocenters. The number of ketones is 1. The maximum absolute atomic E-state index is 13.1. The fourth-order valence-corrected chi connectivity index (χ4v) is 6.78. The van der Waals surface area contributed by atoms with Gasteiger partial charge in [0.2, 0.25) is 10.0 Å². The van der Waals surface area contributed by atoms with Crippen LogP contribution in [-0.2, 0) is 19.6 Å². The minimum absolute atomic E-state index is 0.00429. The molecule has 0 saturated heterocycles. The van der Waals surface area contributed by atoms with Crippen LogP contribution in [0.3, 0.4) is 0 Å². The molecule has 2 saturated carbocycles. The molecule has 1 aromatic carbocycles. The maximum atomic E-state index is 13.1. The Morgan fingerprint density at radius 3 is 2.28 bits per heavy atom. The summed E-state index contributed by atoms with van der Waals surface area (Å²) in [5, 5.41) is 0. The molecule has 0 unspecified atom stereocenters. The molecule has 0 heterocycles. The first kappa shape index (κ1) is 21.4. The lowest BCUT2D eigenvalue weighted by atomic mass is 9.70. The quantitative estimate of drug-likeness (QED) is 0.669. The fraction of sp³-hybridized carbons (Fsp3) is 0.600. The molecule has 0 spiro atoms. The predicted octanol–water partition coefficient (Wildman–Crippen LogP) is 2.63. The van der Waals surface area contributed by atoms with Crippen LogP contribution in [0, 0.1) is 16.7 Å². The number of benzene rings is 1. The number of carbonyl (C=O) groups is 2. The van der Waals surface area contributed by atoms with Gasteiger partial charge in [-0.05, 0) is 24.2 Å². The lowest BCUT2D eigenvalue weighted by Crippen LogP contribution is -2.43. The number of fused-ring (bicyclic) bond motifs is 2. The summed E-state index contributed by atoms with van der Waals surface area (Å²) in [7, 11) is 0.0704. The van der Waals surface area contributed by atoms with Crippen LogP contribution in [0.1, 0.15) is 43.5 Å². The van der Waals surface area contributed by atoms with Crippen molar-refractivity contribution >= 4 is 27.5 Å². The summed E-state index contributed by atoms with van der Waals surface area (Å²) in [5.41, 5.74) is -1.29. The van der Waals surface area contributed by atoms with E-state index >= 15 is 0 Å². The fourth-order valence-electron chi connectivity index (χ4n) is 4.88. The van der Waals surface area contributed by atoms with Crippen LogP contribution in [-0.4, -0.2) is 47.3 Å². The number of hydrogen-bond donors (Lipinski definition) is 1. The van der Waals surface area contributed by atoms with E-state index in [1.807, 2.05) is 13.8 Å². The van der Waals surface area contributed by atoms with E-state index in [9.17, 15) is 18.0 Å². The van der Waals surface area contributed by atoms with E-state index in [0.29, 0.717) is 12.8 Å². The summed E-state index contributed by atoms with van der Waals surface area (Å²) < 4.78 is 43.9. The molecule has 9 heteroatoms. The van der Waals surface area contributed by atoms with Gasteiger partial charge in [-0.3, -0.25) is 9.52 Å². The van der Waals surface area contributed by atoms with Crippen molar-refractivity contribution in [3.63, 3.8) is 0 Å². The van der Waals surface area contributed by atoms with Gasteiger partial charge in [-0.2, -0.15) is 0 Å². The smallest absolute Gasteiger partial charge is 0.340 e. The molecule has 2 aliphatic carbocycles. The van der Waals surface area contributed by atoms with Crippen LogP contribution in [0.5, 0.6) is 11.5 Å². The molecule has 2 aliphatic rings. The molecule has 1 aromatic rings. The molecular formula is C20H27NO7S. The van der Waals surface area contributed by atoms with Crippen molar-refractivity contribution in [3.8, 4) is 11.5 Å². The molecule has 2 bridgehead atoms. The number of nitrogens with one attached hydrogen (secondary N) is 1. The van der Waals surface area contributed by atoms with Crippen LogP contribution < -0.4 is 14.2 Å². The van der Waals surface area contributed by atoms with Gasteiger partial charge >= 0.3 is 5.97 Å². The highest BCUT2D eigenvalue weighted by Gasteiger charge is 2.65. The van der Waals surface area contributed by atoms with Crippen molar-refractivity contribution in [2.75, 3.05) is 31.8 Å². The average Bonchev–Trinajstić information content (AvgIpc) is 3.00. The average molecular weight is 426 g/mol. The summed E-state index contributed by atoms with van der Waals surface area (Å²) in [4.78, 5) is 24.9. The van der Waals surface area contributed by atoms with Crippen LogP contribution >= 0.6 is 0 Å². The summed E-state index contributed by atoms with van der Waals surface area (Å²) in [6.45, 7) is 3.95. The minimum atomic E-state index is -3.95. The molecule has 160 valence electrons. The first-order valence-electron chi connectivity index (χ1n) is 9.39. The topological polar surface area (TPSA) is 108 Å². The first-order chi connectivity index (χ1) is 13.5. The highest BCUT2D eigenvalue weighted by molar-refractivity contribution is 7.92. The number of hydrogen-bond acceptors (Lipinski definition) is 7. The highest BCUT2D eigenvalue weighted by atomic mass is 32.2. The molecule has 0 aromatic heterocycles. The van der Waals surface area contributed by atoms with E-state index in [-0.39, 0.29) is 45.6 Å². The summed E-state index contributed by atoms with van der Waals surface area (Å²) >= 11 is 0. The third-order valence-electron chi connectivity index (χ3n) is 6.77. The van der Waals surface area contributed by atoms with Crippen molar-refractivity contribution in [3.05, 3.63) is 17.7 Å². The van der Waals surface area contributed by atoms with E-state index < -0.39 is 21.4 Å². The zero-order chi connectivity index (χ0) is 21.6. The second kappa shape index (κ2) is 7.19. The second-order valence-corrected chi connectivity index (χ2v) is 9.99. The van der Waals surface area contributed by atoms with Crippen molar-refractivity contribution in [1.29, 1.82) is 0 Å². The summed E-state index contributed by atoms with van der Waals surface area (Å²) in [5.74, 6) is -0.312. The molecule has 2 fully saturated rings. The van der Waals surface area contributed by atoms with Gasteiger partial charge in [-0.15, -0.1) is 0 Å². The van der Waals surface area contributed by atoms with Gasteiger partial charge in [-0.1, -0.05) is 13.8 Å². The SMILES string of the molecule is COC(=O)c1cc(OC)c(OC)cc1NS(=O)(=O)C[C@]12CC[C@@H](CC1=O)C2(C)C. The Kier molecular flexibility index (Phi) is 5.31. The van der Waals surface area contributed by atoms with Gasteiger partial charge in [0.25, 0.3) is 0 Å². The number of methoxy groups -OCH3 is 3. The molecule has 0 amide bonds. The lowest BCUT2D eigenvalue weighted by molar-refractivity contribution is -0.128. The number of carbonyl (C=O) groups excluding carboxylic acids is 2.